The highest BCUT2D eigenvalue weighted by Gasteiger charge is 2.33. The molecule has 0 spiro atoms. The number of non-ortho nitro benzene ring substituents is 1. The maximum atomic E-state index is 12.6. The molecule has 1 aliphatic heterocycles. The maximum Gasteiger partial charge on any atom is 0.271 e. The van der Waals surface area contributed by atoms with E-state index >= 15 is 0 Å². The van der Waals surface area contributed by atoms with Gasteiger partial charge in [0.2, 0.25) is 5.91 Å². The van der Waals surface area contributed by atoms with E-state index in [1.54, 1.807) is 30.3 Å². The fraction of sp³-hybridized carbons (Fsp3) is 0.0556. The number of benzene rings is 2. The van der Waals surface area contributed by atoms with Gasteiger partial charge in [-0.3, -0.25) is 24.6 Å². The molecule has 29 heavy (non-hydrogen) atoms. The quantitative estimate of drug-likeness (QED) is 0.235. The molecule has 8 nitrogen and oxygen atoms in total. The van der Waals surface area contributed by atoms with Gasteiger partial charge in [-0.1, -0.05) is 53.8 Å². The lowest BCUT2D eigenvalue weighted by Gasteiger charge is -2.14. The van der Waals surface area contributed by atoms with E-state index in [4.69, 9.17) is 23.8 Å². The molecule has 0 radical (unpaired) electrons. The fourth-order valence-electron chi connectivity index (χ4n) is 2.44. The van der Waals surface area contributed by atoms with Crippen molar-refractivity contribution in [1.82, 2.24) is 4.90 Å². The first-order chi connectivity index (χ1) is 13.8. The molecule has 1 aliphatic rings. The number of thiocarbonyl (C=S) groups is 1. The van der Waals surface area contributed by atoms with E-state index in [1.807, 2.05) is 0 Å². The topological polar surface area (TPSA) is 113 Å². The smallest absolute Gasteiger partial charge is 0.271 e. The molecule has 0 saturated carbocycles. The number of phenolic OH excluding ortho intramolecular Hbond substituents is 1. The van der Waals surface area contributed by atoms with Crippen LogP contribution in [-0.2, 0) is 9.59 Å². The molecule has 3 rings (SSSR count). The SMILES string of the molecule is O=C(CN1C(=O)/C(=C\c2ccccc2Cl)SC1=S)Nc1cc([N+](=O)[O-])ccc1O. The van der Waals surface area contributed by atoms with Gasteiger partial charge in [0.1, 0.15) is 16.6 Å². The van der Waals surface area contributed by atoms with Crippen molar-refractivity contribution in [3.05, 3.63) is 68.1 Å². The minimum atomic E-state index is -0.670. The summed E-state index contributed by atoms with van der Waals surface area (Å²) in [6.45, 7) is -0.410. The second-order valence-corrected chi connectivity index (χ2v) is 7.88. The number of nitro groups is 1. The molecule has 1 saturated heterocycles. The van der Waals surface area contributed by atoms with Crippen molar-refractivity contribution in [2.45, 2.75) is 0 Å². The molecule has 148 valence electrons. The summed E-state index contributed by atoms with van der Waals surface area (Å²) >= 11 is 12.3. The summed E-state index contributed by atoms with van der Waals surface area (Å²) in [6, 6.07) is 10.2. The van der Waals surface area contributed by atoms with Gasteiger partial charge in [0.05, 0.1) is 15.5 Å². The van der Waals surface area contributed by atoms with E-state index in [0.29, 0.717) is 15.5 Å². The molecular weight excluding hydrogens is 438 g/mol. The Hall–Kier alpha value is -2.95. The van der Waals surface area contributed by atoms with E-state index in [2.05, 4.69) is 5.32 Å². The molecule has 0 bridgehead atoms. The predicted molar refractivity (Wildman–Crippen MR) is 115 cm³/mol. The van der Waals surface area contributed by atoms with Gasteiger partial charge in [-0.2, -0.15) is 0 Å². The van der Waals surface area contributed by atoms with Crippen LogP contribution in [0.15, 0.2) is 47.4 Å². The third-order valence-electron chi connectivity index (χ3n) is 3.83. The van der Waals surface area contributed by atoms with Crippen molar-refractivity contribution in [1.29, 1.82) is 0 Å². The Labute approximate surface area is 179 Å². The van der Waals surface area contributed by atoms with Crippen molar-refractivity contribution >= 4 is 69.2 Å². The average Bonchev–Trinajstić information content (AvgIpc) is 2.92. The molecule has 0 aromatic heterocycles. The van der Waals surface area contributed by atoms with Crippen LogP contribution in [0.2, 0.25) is 5.02 Å². The summed E-state index contributed by atoms with van der Waals surface area (Å²) < 4.78 is 0.187. The van der Waals surface area contributed by atoms with Crippen LogP contribution < -0.4 is 5.32 Å². The second kappa shape index (κ2) is 8.60. The van der Waals surface area contributed by atoms with Gasteiger partial charge < -0.3 is 10.4 Å². The first-order valence-electron chi connectivity index (χ1n) is 8.03. The summed E-state index contributed by atoms with van der Waals surface area (Å²) in [7, 11) is 0. The number of nitrogens with zero attached hydrogens (tertiary/aromatic N) is 2. The number of phenols is 1. The number of amides is 2. The van der Waals surface area contributed by atoms with Crippen molar-refractivity contribution < 1.29 is 19.6 Å². The van der Waals surface area contributed by atoms with Gasteiger partial charge in [-0.15, -0.1) is 0 Å². The molecule has 1 heterocycles. The summed E-state index contributed by atoms with van der Waals surface area (Å²) in [6.07, 6.45) is 1.59. The molecule has 11 heteroatoms. The number of nitro benzene ring substituents is 1. The Morgan fingerprint density at radius 1 is 1.34 bits per heavy atom. The van der Waals surface area contributed by atoms with Gasteiger partial charge in [0.25, 0.3) is 11.6 Å². The Morgan fingerprint density at radius 2 is 2.07 bits per heavy atom. The number of nitrogens with one attached hydrogen (secondary N) is 1. The lowest BCUT2D eigenvalue weighted by Crippen LogP contribution is -2.36. The summed E-state index contributed by atoms with van der Waals surface area (Å²) in [5, 5.41) is 23.5. The Bertz CT molecular complexity index is 1070. The number of hydrogen-bond acceptors (Lipinski definition) is 7. The van der Waals surface area contributed by atoms with Gasteiger partial charge in [-0.05, 0) is 23.8 Å². The van der Waals surface area contributed by atoms with Crippen LogP contribution in [0, 0.1) is 10.1 Å². The number of carbonyl (C=O) groups excluding carboxylic acids is 2. The third kappa shape index (κ3) is 4.73. The predicted octanol–water partition coefficient (Wildman–Crippen LogP) is 3.79. The number of carbonyl (C=O) groups is 2. The van der Waals surface area contributed by atoms with E-state index in [9.17, 15) is 24.8 Å². The lowest BCUT2D eigenvalue weighted by molar-refractivity contribution is -0.384. The van der Waals surface area contributed by atoms with E-state index < -0.39 is 23.3 Å². The molecule has 0 aliphatic carbocycles. The minimum Gasteiger partial charge on any atom is -0.506 e. The molecule has 0 unspecified atom stereocenters. The normalized spacial score (nSPS) is 15.1. The Kier molecular flexibility index (Phi) is 6.16. The highest BCUT2D eigenvalue weighted by atomic mass is 35.5. The van der Waals surface area contributed by atoms with Crippen LogP contribution in [0.4, 0.5) is 11.4 Å². The Balaban J connectivity index is 1.74. The van der Waals surface area contributed by atoms with Crippen LogP contribution in [0.5, 0.6) is 5.75 Å². The first kappa shape index (κ1) is 20.8. The molecular formula is C18H12ClN3O5S2. The summed E-state index contributed by atoms with van der Waals surface area (Å²) in [4.78, 5) is 36.5. The maximum absolute atomic E-state index is 12.6. The van der Waals surface area contributed by atoms with Crippen LogP contribution in [0.25, 0.3) is 6.08 Å². The number of hydrogen-bond donors (Lipinski definition) is 2. The summed E-state index contributed by atoms with van der Waals surface area (Å²) in [5.41, 5.74) is 0.202. The van der Waals surface area contributed by atoms with Gasteiger partial charge in [0.15, 0.2) is 0 Å². The van der Waals surface area contributed by atoms with E-state index in [1.165, 1.54) is 0 Å². The van der Waals surface area contributed by atoms with E-state index in [0.717, 1.165) is 34.9 Å². The number of rotatable bonds is 5. The van der Waals surface area contributed by atoms with Crippen molar-refractivity contribution in [3.8, 4) is 5.75 Å². The van der Waals surface area contributed by atoms with Crippen LogP contribution in [0.3, 0.4) is 0 Å². The zero-order valence-corrected chi connectivity index (χ0v) is 16.9. The highest BCUT2D eigenvalue weighted by molar-refractivity contribution is 8.26. The number of anilines is 1. The molecule has 2 N–H and O–H groups in total. The third-order valence-corrected chi connectivity index (χ3v) is 5.55. The molecule has 2 aromatic carbocycles. The number of thioether (sulfide) groups is 1. The molecule has 2 amide bonds. The van der Waals surface area contributed by atoms with Crippen molar-refractivity contribution in [2.24, 2.45) is 0 Å². The van der Waals surface area contributed by atoms with Gasteiger partial charge in [0, 0.05) is 17.2 Å². The fourth-order valence-corrected chi connectivity index (χ4v) is 3.88. The monoisotopic (exact) mass is 449 g/mol. The standard InChI is InChI=1S/C18H12ClN3O5S2/c19-12-4-2-1-3-10(12)7-15-17(25)21(18(28)29-15)9-16(24)20-13-8-11(22(26)27)5-6-14(13)23/h1-8,23H,9H2,(H,20,24)/b15-7+. The Morgan fingerprint density at radius 3 is 2.76 bits per heavy atom. The molecule has 0 atom stereocenters. The largest absolute Gasteiger partial charge is 0.506 e. The van der Waals surface area contributed by atoms with Crippen LogP contribution in [-0.4, -0.2) is 37.6 Å². The summed E-state index contributed by atoms with van der Waals surface area (Å²) in [5.74, 6) is -1.47. The van der Waals surface area contributed by atoms with Crippen LogP contribution in [0.1, 0.15) is 5.56 Å². The zero-order valence-electron chi connectivity index (χ0n) is 14.5. The minimum absolute atomic E-state index is 0.138. The van der Waals surface area contributed by atoms with E-state index in [-0.39, 0.29) is 21.4 Å². The first-order valence-corrected chi connectivity index (χ1v) is 9.63. The highest BCUT2D eigenvalue weighted by Crippen LogP contribution is 2.34. The van der Waals surface area contributed by atoms with Crippen molar-refractivity contribution in [3.63, 3.8) is 0 Å². The second-order valence-electron chi connectivity index (χ2n) is 5.80. The molecule has 1 fully saturated rings. The molecule has 2 aromatic rings. The lowest BCUT2D eigenvalue weighted by atomic mass is 10.2. The van der Waals surface area contributed by atoms with Crippen molar-refractivity contribution in [2.75, 3.05) is 11.9 Å². The number of halogens is 1. The van der Waals surface area contributed by atoms with Crippen LogP contribution >= 0.6 is 35.6 Å². The average molecular weight is 450 g/mol. The van der Waals surface area contributed by atoms with Gasteiger partial charge >= 0.3 is 0 Å². The zero-order chi connectivity index (χ0) is 21.1. The number of aromatic hydroxyl groups is 1. The van der Waals surface area contributed by atoms with Gasteiger partial charge in [-0.25, -0.2) is 0 Å².